The van der Waals surface area contributed by atoms with Gasteiger partial charge in [0.2, 0.25) is 5.91 Å². The number of rotatable bonds is 3. The van der Waals surface area contributed by atoms with Crippen LogP contribution in [0, 0.1) is 6.92 Å². The van der Waals surface area contributed by atoms with Crippen molar-refractivity contribution in [1.82, 2.24) is 0 Å². The highest BCUT2D eigenvalue weighted by molar-refractivity contribution is 9.10. The highest BCUT2D eigenvalue weighted by Crippen LogP contribution is 2.37. The van der Waals surface area contributed by atoms with Gasteiger partial charge in [0, 0.05) is 28.5 Å². The van der Waals surface area contributed by atoms with Crippen LogP contribution in [-0.2, 0) is 17.5 Å². The fourth-order valence-corrected chi connectivity index (χ4v) is 3.92. The molecule has 3 aromatic rings. The number of carbonyl (C=O) groups is 1. The zero-order valence-corrected chi connectivity index (χ0v) is 18.0. The molecule has 0 saturated carbocycles. The van der Waals surface area contributed by atoms with Crippen LogP contribution in [0.3, 0.4) is 0 Å². The van der Waals surface area contributed by atoms with Crippen LogP contribution in [0.25, 0.3) is 0 Å². The van der Waals surface area contributed by atoms with Crippen molar-refractivity contribution in [2.75, 3.05) is 16.8 Å². The molecule has 8 heteroatoms. The van der Waals surface area contributed by atoms with Crippen molar-refractivity contribution in [3.05, 3.63) is 81.8 Å². The second-order valence-electron chi connectivity index (χ2n) is 7.28. The number of nitrogens with zero attached hydrogens (tertiary/aromatic N) is 1. The summed E-state index contributed by atoms with van der Waals surface area (Å²) in [4.78, 5) is 14.2. The Morgan fingerprint density at radius 3 is 2.42 bits per heavy atom. The fraction of sp³-hybridized carbons (Fsp3) is 0.174. The SMILES string of the molecule is Cc1cc2c(cc1C(F)(F)F)NC(=O)CN(c1cccc(Oc3cccc(Br)c3)c1)C2. The van der Waals surface area contributed by atoms with Gasteiger partial charge in [-0.3, -0.25) is 4.79 Å². The predicted molar refractivity (Wildman–Crippen MR) is 117 cm³/mol. The molecule has 1 N–H and O–H groups in total. The van der Waals surface area contributed by atoms with Gasteiger partial charge in [0.05, 0.1) is 12.1 Å². The zero-order chi connectivity index (χ0) is 22.2. The van der Waals surface area contributed by atoms with E-state index in [1.54, 1.807) is 12.1 Å². The largest absolute Gasteiger partial charge is 0.457 e. The van der Waals surface area contributed by atoms with Gasteiger partial charge in [-0.05, 0) is 54.4 Å². The molecule has 0 saturated heterocycles. The Kier molecular flexibility index (Phi) is 5.66. The molecule has 0 radical (unpaired) electrons. The Balaban J connectivity index is 1.64. The molecule has 4 rings (SSSR count). The number of benzene rings is 3. The lowest BCUT2D eigenvalue weighted by Gasteiger charge is -2.23. The summed E-state index contributed by atoms with van der Waals surface area (Å²) in [5.41, 5.74) is 0.910. The van der Waals surface area contributed by atoms with E-state index in [9.17, 15) is 18.0 Å². The third-order valence-electron chi connectivity index (χ3n) is 4.94. The van der Waals surface area contributed by atoms with Gasteiger partial charge in [-0.15, -0.1) is 0 Å². The number of alkyl halides is 3. The number of hydrogen-bond donors (Lipinski definition) is 1. The molecule has 0 aromatic heterocycles. The molecule has 0 unspecified atom stereocenters. The summed E-state index contributed by atoms with van der Waals surface area (Å²) in [7, 11) is 0. The van der Waals surface area contributed by atoms with Gasteiger partial charge < -0.3 is 15.0 Å². The summed E-state index contributed by atoms with van der Waals surface area (Å²) in [5.74, 6) is 0.860. The first-order chi connectivity index (χ1) is 14.7. The molecule has 0 fully saturated rings. The molecule has 0 spiro atoms. The van der Waals surface area contributed by atoms with Gasteiger partial charge in [-0.2, -0.15) is 13.2 Å². The van der Waals surface area contributed by atoms with Crippen molar-refractivity contribution in [2.45, 2.75) is 19.6 Å². The van der Waals surface area contributed by atoms with E-state index in [2.05, 4.69) is 21.2 Å². The van der Waals surface area contributed by atoms with Crippen LogP contribution in [0.5, 0.6) is 11.5 Å². The van der Waals surface area contributed by atoms with Crippen molar-refractivity contribution in [1.29, 1.82) is 0 Å². The van der Waals surface area contributed by atoms with Crippen LogP contribution in [-0.4, -0.2) is 12.5 Å². The van der Waals surface area contributed by atoms with Crippen LogP contribution in [0.15, 0.2) is 65.1 Å². The molecule has 1 aliphatic rings. The minimum atomic E-state index is -4.48. The molecule has 160 valence electrons. The number of nitrogens with one attached hydrogen (secondary N) is 1. The number of carbonyl (C=O) groups excluding carboxylic acids is 1. The number of amides is 1. The van der Waals surface area contributed by atoms with E-state index in [1.807, 2.05) is 41.3 Å². The lowest BCUT2D eigenvalue weighted by atomic mass is 10.0. The molecule has 1 amide bonds. The van der Waals surface area contributed by atoms with E-state index in [0.29, 0.717) is 17.1 Å². The van der Waals surface area contributed by atoms with Crippen molar-refractivity contribution in [2.24, 2.45) is 0 Å². The van der Waals surface area contributed by atoms with Gasteiger partial charge in [0.1, 0.15) is 11.5 Å². The van der Waals surface area contributed by atoms with Crippen LogP contribution in [0.1, 0.15) is 16.7 Å². The lowest BCUT2D eigenvalue weighted by Crippen LogP contribution is -2.29. The first-order valence-corrected chi connectivity index (χ1v) is 10.3. The number of halogens is 4. The Morgan fingerprint density at radius 2 is 1.71 bits per heavy atom. The molecular weight excluding hydrogens is 473 g/mol. The molecule has 31 heavy (non-hydrogen) atoms. The topological polar surface area (TPSA) is 41.6 Å². The van der Waals surface area contributed by atoms with Crippen LogP contribution >= 0.6 is 15.9 Å². The average molecular weight is 491 g/mol. The van der Waals surface area contributed by atoms with Gasteiger partial charge in [-0.25, -0.2) is 0 Å². The summed E-state index contributed by atoms with van der Waals surface area (Å²) in [5, 5.41) is 2.61. The van der Waals surface area contributed by atoms with Gasteiger partial charge in [-0.1, -0.05) is 34.1 Å². The monoisotopic (exact) mass is 490 g/mol. The van der Waals surface area contributed by atoms with E-state index in [-0.39, 0.29) is 30.2 Å². The molecule has 1 aliphatic heterocycles. The normalized spacial score (nSPS) is 14.0. The Labute approximate surface area is 185 Å². The molecule has 0 atom stereocenters. The number of ether oxygens (including phenoxy) is 1. The summed E-state index contributed by atoms with van der Waals surface area (Å²) < 4.78 is 46.6. The fourth-order valence-electron chi connectivity index (χ4n) is 3.54. The molecule has 0 aliphatic carbocycles. The maximum absolute atomic E-state index is 13.3. The Bertz CT molecular complexity index is 1150. The summed E-state index contributed by atoms with van der Waals surface area (Å²) in [6, 6.07) is 17.2. The zero-order valence-electron chi connectivity index (χ0n) is 16.5. The standard InChI is InChI=1S/C23H18BrF3N2O2/c1-14-8-15-12-29(13-22(30)28-21(15)11-20(14)23(25,26)27)17-5-3-7-19(10-17)31-18-6-2-4-16(24)9-18/h2-11H,12-13H2,1H3,(H,28,30). The highest BCUT2D eigenvalue weighted by Gasteiger charge is 2.34. The number of aryl methyl sites for hydroxylation is 1. The predicted octanol–water partition coefficient (Wildman–Crippen LogP) is 6.53. The molecule has 0 bridgehead atoms. The molecule has 4 nitrogen and oxygen atoms in total. The minimum Gasteiger partial charge on any atom is -0.457 e. The maximum atomic E-state index is 13.3. The average Bonchev–Trinajstić information content (AvgIpc) is 2.84. The van der Waals surface area contributed by atoms with Gasteiger partial charge in [0.25, 0.3) is 0 Å². The maximum Gasteiger partial charge on any atom is 0.416 e. The third kappa shape index (κ3) is 4.85. The van der Waals surface area contributed by atoms with Crippen molar-refractivity contribution in [3.63, 3.8) is 0 Å². The summed E-state index contributed by atoms with van der Waals surface area (Å²) in [6.07, 6.45) is -4.48. The van der Waals surface area contributed by atoms with Crippen molar-refractivity contribution < 1.29 is 22.7 Å². The lowest BCUT2D eigenvalue weighted by molar-refractivity contribution is -0.138. The van der Waals surface area contributed by atoms with Crippen LogP contribution in [0.4, 0.5) is 24.5 Å². The second-order valence-corrected chi connectivity index (χ2v) is 8.20. The van der Waals surface area contributed by atoms with Crippen molar-refractivity contribution in [3.8, 4) is 11.5 Å². The van der Waals surface area contributed by atoms with E-state index < -0.39 is 11.7 Å². The van der Waals surface area contributed by atoms with E-state index >= 15 is 0 Å². The first-order valence-electron chi connectivity index (χ1n) is 9.48. The quantitative estimate of drug-likeness (QED) is 0.453. The van der Waals surface area contributed by atoms with E-state index in [0.717, 1.165) is 16.2 Å². The Morgan fingerprint density at radius 1 is 1.00 bits per heavy atom. The highest BCUT2D eigenvalue weighted by atomic mass is 79.9. The van der Waals surface area contributed by atoms with E-state index in [4.69, 9.17) is 4.74 Å². The molecular formula is C23H18BrF3N2O2. The summed E-state index contributed by atoms with van der Waals surface area (Å²) in [6.45, 7) is 1.72. The van der Waals surface area contributed by atoms with Gasteiger partial charge in [0.15, 0.2) is 0 Å². The second kappa shape index (κ2) is 8.26. The molecule has 1 heterocycles. The number of anilines is 2. The van der Waals surface area contributed by atoms with Crippen molar-refractivity contribution >= 4 is 33.2 Å². The smallest absolute Gasteiger partial charge is 0.416 e. The first kappa shape index (κ1) is 21.2. The number of hydrogen-bond acceptors (Lipinski definition) is 3. The summed E-state index contributed by atoms with van der Waals surface area (Å²) >= 11 is 3.40. The third-order valence-corrected chi connectivity index (χ3v) is 5.43. The molecule has 3 aromatic carbocycles. The van der Waals surface area contributed by atoms with E-state index in [1.165, 1.54) is 13.0 Å². The number of fused-ring (bicyclic) bond motifs is 1. The van der Waals surface area contributed by atoms with Gasteiger partial charge >= 0.3 is 6.18 Å². The van der Waals surface area contributed by atoms with Crippen LogP contribution < -0.4 is 15.0 Å². The minimum absolute atomic E-state index is 0.00934. The van der Waals surface area contributed by atoms with Crippen LogP contribution in [0.2, 0.25) is 0 Å². The Hall–Kier alpha value is -3.00.